The molecule has 25 heavy (non-hydrogen) atoms. The number of fused-ring (bicyclic) bond motifs is 1. The maximum Gasteiger partial charge on any atom is 0.329 e. The number of carboxylic acid groups (broad SMARTS) is 1. The third-order valence-corrected chi connectivity index (χ3v) is 5.57. The molecule has 8 heteroatoms. The summed E-state index contributed by atoms with van der Waals surface area (Å²) < 4.78 is 14.8. The number of carboxylic acids is 1. The Labute approximate surface area is 160 Å². The van der Waals surface area contributed by atoms with E-state index in [9.17, 15) is 14.0 Å². The molecule has 0 unspecified atom stereocenters. The molecule has 0 aromatic heterocycles. The monoisotopic (exact) mass is 441 g/mol. The van der Waals surface area contributed by atoms with Crippen LogP contribution in [0, 0.1) is 5.82 Å². The van der Waals surface area contributed by atoms with Gasteiger partial charge in [0, 0.05) is 16.1 Å². The molecule has 1 amide bonds. The summed E-state index contributed by atoms with van der Waals surface area (Å²) in [4.78, 5) is 25.6. The minimum Gasteiger partial charge on any atom is -0.478 e. The fourth-order valence-electron chi connectivity index (χ4n) is 2.39. The Morgan fingerprint density at radius 2 is 2.12 bits per heavy atom. The molecule has 0 radical (unpaired) electrons. The Balaban J connectivity index is 2.08. The maximum absolute atomic E-state index is 14.2. The molecular formula is C17H10BrClFNO3S. The van der Waals surface area contributed by atoms with Crippen molar-refractivity contribution in [3.63, 3.8) is 0 Å². The molecule has 0 aliphatic carbocycles. The van der Waals surface area contributed by atoms with E-state index in [2.05, 4.69) is 15.9 Å². The molecule has 1 aliphatic heterocycles. The number of carbonyl (C=O) groups is 2. The normalized spacial score (nSPS) is 15.4. The first-order valence-electron chi connectivity index (χ1n) is 7.03. The average Bonchev–Trinajstić information content (AvgIpc) is 2.54. The van der Waals surface area contributed by atoms with Gasteiger partial charge in [0.25, 0.3) is 5.91 Å². The van der Waals surface area contributed by atoms with Crippen molar-refractivity contribution >= 4 is 56.9 Å². The Morgan fingerprint density at radius 1 is 1.36 bits per heavy atom. The second kappa shape index (κ2) is 7.19. The summed E-state index contributed by atoms with van der Waals surface area (Å²) in [5.41, 5.74) is 0.830. The van der Waals surface area contributed by atoms with Crippen molar-refractivity contribution < 1.29 is 19.1 Å². The molecule has 4 nitrogen and oxygen atoms in total. The smallest absolute Gasteiger partial charge is 0.329 e. The molecule has 0 spiro atoms. The third-order valence-electron chi connectivity index (χ3n) is 3.50. The predicted molar refractivity (Wildman–Crippen MR) is 98.3 cm³/mol. The number of halogens is 3. The van der Waals surface area contributed by atoms with Crippen LogP contribution in [0.4, 0.5) is 10.1 Å². The van der Waals surface area contributed by atoms with Crippen LogP contribution < -0.4 is 4.90 Å². The van der Waals surface area contributed by atoms with Crippen LogP contribution in [0.2, 0.25) is 5.02 Å². The van der Waals surface area contributed by atoms with Crippen molar-refractivity contribution in [2.75, 3.05) is 4.90 Å². The van der Waals surface area contributed by atoms with Crippen LogP contribution in [-0.2, 0) is 16.1 Å². The van der Waals surface area contributed by atoms with Gasteiger partial charge in [-0.15, -0.1) is 0 Å². The first kappa shape index (κ1) is 18.0. The molecule has 128 valence electrons. The van der Waals surface area contributed by atoms with Gasteiger partial charge in [-0.2, -0.15) is 0 Å². The van der Waals surface area contributed by atoms with Gasteiger partial charge in [-0.05, 0) is 24.3 Å². The van der Waals surface area contributed by atoms with Crippen molar-refractivity contribution in [1.29, 1.82) is 0 Å². The Hall–Kier alpha value is -1.83. The lowest BCUT2D eigenvalue weighted by molar-refractivity contribution is -0.131. The van der Waals surface area contributed by atoms with E-state index in [1.54, 1.807) is 30.3 Å². The number of hydrogen-bond donors (Lipinski definition) is 1. The summed E-state index contributed by atoms with van der Waals surface area (Å²) in [7, 11) is 0. The standard InChI is InChI=1S/C17H10BrClFNO3S/c18-10-5-4-9(12(20)6-10)8-21-13-3-1-2-11(19)16(13)25-14(17(21)24)7-15(22)23/h1-7H,8H2,(H,22,23)/b14-7-. The zero-order valence-electron chi connectivity index (χ0n) is 12.5. The van der Waals surface area contributed by atoms with Crippen LogP contribution in [0.5, 0.6) is 0 Å². The summed E-state index contributed by atoms with van der Waals surface area (Å²) in [6.07, 6.45) is 0.838. The quantitative estimate of drug-likeness (QED) is 0.691. The number of rotatable bonds is 3. The fraction of sp³-hybridized carbons (Fsp3) is 0.0588. The van der Waals surface area contributed by atoms with Crippen molar-refractivity contribution in [3.05, 3.63) is 68.3 Å². The van der Waals surface area contributed by atoms with Crippen molar-refractivity contribution in [2.24, 2.45) is 0 Å². The van der Waals surface area contributed by atoms with Crippen molar-refractivity contribution in [3.8, 4) is 0 Å². The second-order valence-corrected chi connectivity index (χ2v) is 7.54. The highest BCUT2D eigenvalue weighted by Crippen LogP contribution is 2.45. The predicted octanol–water partition coefficient (Wildman–Crippen LogP) is 4.85. The number of nitrogens with zero attached hydrogens (tertiary/aromatic N) is 1. The number of anilines is 1. The number of carbonyl (C=O) groups excluding carboxylic acids is 1. The van der Waals surface area contributed by atoms with Gasteiger partial charge in [-0.1, -0.05) is 51.4 Å². The molecular weight excluding hydrogens is 433 g/mol. The lowest BCUT2D eigenvalue weighted by Crippen LogP contribution is -2.34. The van der Waals surface area contributed by atoms with E-state index in [0.717, 1.165) is 17.8 Å². The van der Waals surface area contributed by atoms with E-state index in [0.29, 0.717) is 25.6 Å². The number of benzene rings is 2. The number of hydrogen-bond acceptors (Lipinski definition) is 3. The van der Waals surface area contributed by atoms with Crippen LogP contribution >= 0.6 is 39.3 Å². The lowest BCUT2D eigenvalue weighted by Gasteiger charge is -2.30. The molecule has 1 N–H and O–H groups in total. The molecule has 1 aliphatic rings. The Morgan fingerprint density at radius 3 is 2.80 bits per heavy atom. The first-order chi connectivity index (χ1) is 11.9. The van der Waals surface area contributed by atoms with Crippen LogP contribution in [0.25, 0.3) is 0 Å². The zero-order valence-corrected chi connectivity index (χ0v) is 15.7. The molecule has 1 heterocycles. The molecule has 0 bridgehead atoms. The maximum atomic E-state index is 14.2. The summed E-state index contributed by atoms with van der Waals surface area (Å²) in [6.45, 7) is -0.0389. The van der Waals surface area contributed by atoms with Gasteiger partial charge in [-0.25, -0.2) is 9.18 Å². The molecule has 2 aromatic carbocycles. The summed E-state index contributed by atoms with van der Waals surface area (Å²) >= 11 is 10.4. The second-order valence-electron chi connectivity index (χ2n) is 5.16. The van der Waals surface area contributed by atoms with Gasteiger partial charge in [-0.3, -0.25) is 4.79 Å². The molecule has 0 saturated heterocycles. The van der Waals surface area contributed by atoms with Crippen molar-refractivity contribution in [2.45, 2.75) is 11.4 Å². The third kappa shape index (κ3) is 3.73. The lowest BCUT2D eigenvalue weighted by atomic mass is 10.1. The molecule has 3 rings (SSSR count). The zero-order chi connectivity index (χ0) is 18.1. The van der Waals surface area contributed by atoms with Gasteiger partial charge < -0.3 is 10.0 Å². The van der Waals surface area contributed by atoms with E-state index >= 15 is 0 Å². The minimum absolute atomic E-state index is 0.0191. The topological polar surface area (TPSA) is 57.6 Å². The van der Waals surface area contributed by atoms with Crippen LogP contribution in [0.15, 0.2) is 56.7 Å². The van der Waals surface area contributed by atoms with E-state index in [-0.39, 0.29) is 11.4 Å². The molecule has 0 atom stereocenters. The van der Waals surface area contributed by atoms with Gasteiger partial charge in [0.1, 0.15) is 5.82 Å². The average molecular weight is 443 g/mol. The minimum atomic E-state index is -1.24. The largest absolute Gasteiger partial charge is 0.478 e. The van der Waals surface area contributed by atoms with Crippen LogP contribution in [0.3, 0.4) is 0 Å². The number of amides is 1. The SMILES string of the molecule is O=C(O)/C=C1\Sc2c(Cl)cccc2N(Cc2ccc(Br)cc2F)C1=O. The van der Waals surface area contributed by atoms with Crippen LogP contribution in [-0.4, -0.2) is 17.0 Å². The fourth-order valence-corrected chi connectivity index (χ4v) is 4.03. The number of thioether (sulfide) groups is 1. The van der Waals surface area contributed by atoms with E-state index in [1.165, 1.54) is 11.0 Å². The molecule has 0 saturated carbocycles. The van der Waals surface area contributed by atoms with E-state index in [1.807, 2.05) is 0 Å². The van der Waals surface area contributed by atoms with Gasteiger partial charge in [0.05, 0.1) is 27.1 Å². The van der Waals surface area contributed by atoms with Gasteiger partial charge in [0.2, 0.25) is 0 Å². The highest BCUT2D eigenvalue weighted by Gasteiger charge is 2.31. The summed E-state index contributed by atoms with van der Waals surface area (Å²) in [5, 5.41) is 9.39. The first-order valence-corrected chi connectivity index (χ1v) is 9.02. The number of aliphatic carboxylic acids is 1. The molecule has 2 aromatic rings. The summed E-state index contributed by atoms with van der Waals surface area (Å²) in [5.74, 6) is -2.21. The summed E-state index contributed by atoms with van der Waals surface area (Å²) in [6, 6.07) is 9.59. The van der Waals surface area contributed by atoms with E-state index < -0.39 is 17.7 Å². The Bertz CT molecular complexity index is 919. The van der Waals surface area contributed by atoms with Gasteiger partial charge >= 0.3 is 5.97 Å². The van der Waals surface area contributed by atoms with E-state index in [4.69, 9.17) is 16.7 Å². The highest BCUT2D eigenvalue weighted by molar-refractivity contribution is 9.10. The Kier molecular flexibility index (Phi) is 5.17. The van der Waals surface area contributed by atoms with Crippen molar-refractivity contribution in [1.82, 2.24) is 0 Å². The highest BCUT2D eigenvalue weighted by atomic mass is 79.9. The van der Waals surface area contributed by atoms with Gasteiger partial charge in [0.15, 0.2) is 0 Å². The van der Waals surface area contributed by atoms with Crippen LogP contribution in [0.1, 0.15) is 5.56 Å². The molecule has 0 fully saturated rings.